The van der Waals surface area contributed by atoms with Gasteiger partial charge in [0.15, 0.2) is 0 Å². The fourth-order valence-electron chi connectivity index (χ4n) is 3.81. The van der Waals surface area contributed by atoms with Crippen molar-refractivity contribution in [2.45, 2.75) is 77.0 Å². The molecule has 118 valence electrons. The zero-order chi connectivity index (χ0) is 13.9. The summed E-state index contributed by atoms with van der Waals surface area (Å²) in [5.74, 6) is 0.0971. The first-order valence-electron chi connectivity index (χ1n) is 7.75. The number of hydrogen-bond donors (Lipinski definition) is 2. The second-order valence-corrected chi connectivity index (χ2v) is 6.28. The van der Waals surface area contributed by atoms with Crippen molar-refractivity contribution in [1.82, 2.24) is 5.32 Å². The van der Waals surface area contributed by atoms with Gasteiger partial charge < -0.3 is 15.8 Å². The van der Waals surface area contributed by atoms with E-state index in [0.29, 0.717) is 18.6 Å². The molecule has 0 aromatic heterocycles. The standard InChI is InChI=1S/C15H28N2O2.ClH/c1-3-19-13-10-12(17-14(18)9-11(2)16)15(13)7-5-4-6-8-15;/h11-13H,3-10,16H2,1-2H3,(H,17,18);1H. The molecule has 2 aliphatic rings. The van der Waals surface area contributed by atoms with Crippen LogP contribution in [0.4, 0.5) is 0 Å². The topological polar surface area (TPSA) is 64.3 Å². The molecule has 1 amide bonds. The van der Waals surface area contributed by atoms with Gasteiger partial charge in [-0.3, -0.25) is 4.79 Å². The molecule has 2 saturated carbocycles. The van der Waals surface area contributed by atoms with E-state index in [-0.39, 0.29) is 29.8 Å². The van der Waals surface area contributed by atoms with Crippen molar-refractivity contribution in [2.75, 3.05) is 6.61 Å². The van der Waals surface area contributed by atoms with Gasteiger partial charge in [-0.05, 0) is 33.1 Å². The highest BCUT2D eigenvalue weighted by Crippen LogP contribution is 2.53. The van der Waals surface area contributed by atoms with Crippen molar-refractivity contribution in [3.63, 3.8) is 0 Å². The molecule has 0 aliphatic heterocycles. The Labute approximate surface area is 128 Å². The monoisotopic (exact) mass is 304 g/mol. The van der Waals surface area contributed by atoms with Crippen LogP contribution in [0.2, 0.25) is 0 Å². The maximum absolute atomic E-state index is 11.9. The molecule has 2 rings (SSSR count). The molecule has 0 saturated heterocycles. The lowest BCUT2D eigenvalue weighted by atomic mass is 9.55. The lowest BCUT2D eigenvalue weighted by Gasteiger charge is -2.57. The summed E-state index contributed by atoms with van der Waals surface area (Å²) in [5.41, 5.74) is 5.90. The minimum atomic E-state index is -0.0647. The summed E-state index contributed by atoms with van der Waals surface area (Å²) in [6.45, 7) is 4.70. The number of rotatable bonds is 5. The maximum Gasteiger partial charge on any atom is 0.221 e. The van der Waals surface area contributed by atoms with Crippen LogP contribution in [-0.2, 0) is 9.53 Å². The zero-order valence-corrected chi connectivity index (χ0v) is 13.5. The summed E-state index contributed by atoms with van der Waals surface area (Å²) in [4.78, 5) is 11.9. The summed E-state index contributed by atoms with van der Waals surface area (Å²) >= 11 is 0. The van der Waals surface area contributed by atoms with Gasteiger partial charge in [-0.25, -0.2) is 0 Å². The number of nitrogens with one attached hydrogen (secondary N) is 1. The predicted octanol–water partition coefficient (Wildman–Crippen LogP) is 2.39. The van der Waals surface area contributed by atoms with Gasteiger partial charge in [-0.2, -0.15) is 0 Å². The Hall–Kier alpha value is -0.320. The van der Waals surface area contributed by atoms with E-state index in [0.717, 1.165) is 13.0 Å². The van der Waals surface area contributed by atoms with E-state index >= 15 is 0 Å². The quantitative estimate of drug-likeness (QED) is 0.819. The van der Waals surface area contributed by atoms with E-state index < -0.39 is 0 Å². The number of amides is 1. The SMILES string of the molecule is CCOC1CC(NC(=O)CC(C)N)C12CCCCC2.Cl. The van der Waals surface area contributed by atoms with Crippen LogP contribution in [0.1, 0.15) is 58.8 Å². The minimum absolute atomic E-state index is 0. The molecule has 0 aromatic carbocycles. The second-order valence-electron chi connectivity index (χ2n) is 6.28. The average Bonchev–Trinajstić information content (AvgIpc) is 2.38. The number of ether oxygens (including phenoxy) is 1. The van der Waals surface area contributed by atoms with Crippen molar-refractivity contribution in [3.05, 3.63) is 0 Å². The molecule has 0 aromatic rings. The minimum Gasteiger partial charge on any atom is -0.378 e. The van der Waals surface area contributed by atoms with Crippen LogP contribution in [0.5, 0.6) is 0 Å². The molecule has 1 spiro atoms. The van der Waals surface area contributed by atoms with Crippen LogP contribution in [0, 0.1) is 5.41 Å². The van der Waals surface area contributed by atoms with Gasteiger partial charge in [0.25, 0.3) is 0 Å². The summed E-state index contributed by atoms with van der Waals surface area (Å²) < 4.78 is 5.89. The first-order chi connectivity index (χ1) is 9.08. The fourth-order valence-corrected chi connectivity index (χ4v) is 3.81. The van der Waals surface area contributed by atoms with E-state index in [2.05, 4.69) is 12.2 Å². The van der Waals surface area contributed by atoms with Crippen LogP contribution >= 0.6 is 12.4 Å². The highest BCUT2D eigenvalue weighted by Gasteiger charge is 2.55. The van der Waals surface area contributed by atoms with Gasteiger partial charge in [0.2, 0.25) is 5.91 Å². The zero-order valence-electron chi connectivity index (χ0n) is 12.7. The molecule has 20 heavy (non-hydrogen) atoms. The number of hydrogen-bond acceptors (Lipinski definition) is 3. The van der Waals surface area contributed by atoms with E-state index in [9.17, 15) is 4.79 Å². The third-order valence-electron chi connectivity index (χ3n) is 4.78. The van der Waals surface area contributed by atoms with Crippen LogP contribution < -0.4 is 11.1 Å². The van der Waals surface area contributed by atoms with E-state index in [1.165, 1.54) is 32.1 Å². The van der Waals surface area contributed by atoms with Crippen molar-refractivity contribution >= 4 is 18.3 Å². The average molecular weight is 305 g/mol. The predicted molar refractivity (Wildman–Crippen MR) is 83.0 cm³/mol. The van der Waals surface area contributed by atoms with Crippen LogP contribution in [-0.4, -0.2) is 30.7 Å². The maximum atomic E-state index is 11.9. The summed E-state index contributed by atoms with van der Waals surface area (Å²) in [6.07, 6.45) is 7.98. The van der Waals surface area contributed by atoms with Gasteiger partial charge in [-0.1, -0.05) is 19.3 Å². The van der Waals surface area contributed by atoms with Gasteiger partial charge in [0, 0.05) is 30.5 Å². The molecule has 2 fully saturated rings. The van der Waals surface area contributed by atoms with E-state index in [4.69, 9.17) is 10.5 Å². The van der Waals surface area contributed by atoms with Crippen LogP contribution in [0.25, 0.3) is 0 Å². The molecular weight excluding hydrogens is 276 g/mol. The molecule has 2 aliphatic carbocycles. The molecule has 0 bridgehead atoms. The second kappa shape index (κ2) is 7.62. The molecule has 0 radical (unpaired) electrons. The van der Waals surface area contributed by atoms with Crippen molar-refractivity contribution in [3.8, 4) is 0 Å². The third-order valence-corrected chi connectivity index (χ3v) is 4.78. The lowest BCUT2D eigenvalue weighted by Crippen LogP contribution is -2.65. The number of halogens is 1. The molecule has 3 atom stereocenters. The first kappa shape index (κ1) is 17.7. The lowest BCUT2D eigenvalue weighted by molar-refractivity contribution is -0.157. The third kappa shape index (κ3) is 3.66. The molecule has 5 heteroatoms. The number of carbonyl (C=O) groups excluding carboxylic acids is 1. The summed E-state index contributed by atoms with van der Waals surface area (Å²) in [6, 6.07) is 0.237. The molecule has 3 N–H and O–H groups in total. The van der Waals surface area contributed by atoms with Gasteiger partial charge in [0.1, 0.15) is 0 Å². The molecule has 4 nitrogen and oxygen atoms in total. The largest absolute Gasteiger partial charge is 0.378 e. The summed E-state index contributed by atoms with van der Waals surface area (Å²) in [7, 11) is 0. The highest BCUT2D eigenvalue weighted by atomic mass is 35.5. The Balaban J connectivity index is 0.00000200. The van der Waals surface area contributed by atoms with Gasteiger partial charge in [-0.15, -0.1) is 12.4 Å². The van der Waals surface area contributed by atoms with Crippen molar-refractivity contribution in [1.29, 1.82) is 0 Å². The smallest absolute Gasteiger partial charge is 0.221 e. The van der Waals surface area contributed by atoms with E-state index in [1.54, 1.807) is 0 Å². The number of nitrogens with two attached hydrogens (primary N) is 1. The Morgan fingerprint density at radius 3 is 2.60 bits per heavy atom. The van der Waals surface area contributed by atoms with Gasteiger partial charge in [0.05, 0.1) is 6.10 Å². The Morgan fingerprint density at radius 1 is 1.40 bits per heavy atom. The normalized spacial score (nSPS) is 29.1. The molecular formula is C15H29ClN2O2. The Bertz CT molecular complexity index is 317. The number of carbonyl (C=O) groups is 1. The Morgan fingerprint density at radius 2 is 2.05 bits per heavy atom. The van der Waals surface area contributed by atoms with Crippen molar-refractivity contribution in [2.24, 2.45) is 11.1 Å². The van der Waals surface area contributed by atoms with Gasteiger partial charge >= 0.3 is 0 Å². The molecule has 3 unspecified atom stereocenters. The Kier molecular flexibility index (Phi) is 6.76. The van der Waals surface area contributed by atoms with E-state index in [1.807, 2.05) is 6.92 Å². The first-order valence-corrected chi connectivity index (χ1v) is 7.75. The van der Waals surface area contributed by atoms with Crippen molar-refractivity contribution < 1.29 is 9.53 Å². The van der Waals surface area contributed by atoms with Crippen LogP contribution in [0.15, 0.2) is 0 Å². The highest BCUT2D eigenvalue weighted by molar-refractivity contribution is 5.85. The molecule has 0 heterocycles. The van der Waals surface area contributed by atoms with Crippen LogP contribution in [0.3, 0.4) is 0 Å². The summed E-state index contributed by atoms with van der Waals surface area (Å²) in [5, 5.41) is 3.20. The fraction of sp³-hybridized carbons (Fsp3) is 0.933.